The highest BCUT2D eigenvalue weighted by atomic mass is 16.2. The van der Waals surface area contributed by atoms with E-state index in [0.717, 1.165) is 37.9 Å². The van der Waals surface area contributed by atoms with Gasteiger partial charge in [0.15, 0.2) is 0 Å². The van der Waals surface area contributed by atoms with Gasteiger partial charge in [-0.1, -0.05) is 13.8 Å². The number of aromatic nitrogens is 1. The Morgan fingerprint density at radius 1 is 1.48 bits per heavy atom. The first-order valence-electron chi connectivity index (χ1n) is 8.61. The number of amides is 1. The van der Waals surface area contributed by atoms with Crippen LogP contribution in [0.5, 0.6) is 0 Å². The van der Waals surface area contributed by atoms with Crippen molar-refractivity contribution < 1.29 is 4.79 Å². The molecule has 5 heteroatoms. The van der Waals surface area contributed by atoms with Crippen molar-refractivity contribution in [3.63, 3.8) is 0 Å². The third-order valence-electron chi connectivity index (χ3n) is 4.73. The summed E-state index contributed by atoms with van der Waals surface area (Å²) in [6.07, 6.45) is 5.10. The van der Waals surface area contributed by atoms with E-state index in [1.54, 1.807) is 6.07 Å². The van der Waals surface area contributed by atoms with Crippen molar-refractivity contribution in [2.75, 3.05) is 12.3 Å². The van der Waals surface area contributed by atoms with E-state index in [4.69, 9.17) is 5.73 Å². The number of carbonyl (C=O) groups excluding carboxylic acids is 1. The van der Waals surface area contributed by atoms with Crippen LogP contribution >= 0.6 is 0 Å². The molecule has 0 radical (unpaired) electrons. The molecule has 1 aromatic rings. The van der Waals surface area contributed by atoms with Crippen molar-refractivity contribution in [1.29, 1.82) is 5.26 Å². The zero-order valence-corrected chi connectivity index (χ0v) is 14.5. The standard InChI is InChI=1S/C18H28N4O/c1-13(2)7-8-17-16(20)10-15(11-19)22(17)12-18(23)21-9-5-4-6-14(21)3/h10,13-14H,4-9,12,20H2,1-3H3/t14-/m1/s1. The van der Waals surface area contributed by atoms with Crippen LogP contribution in [0.1, 0.15) is 57.8 Å². The van der Waals surface area contributed by atoms with Crippen LogP contribution in [0.2, 0.25) is 0 Å². The molecule has 5 nitrogen and oxygen atoms in total. The van der Waals surface area contributed by atoms with E-state index in [2.05, 4.69) is 26.8 Å². The van der Waals surface area contributed by atoms with Gasteiger partial charge in [0.2, 0.25) is 5.91 Å². The molecule has 1 amide bonds. The van der Waals surface area contributed by atoms with Crippen molar-refractivity contribution in [3.8, 4) is 6.07 Å². The van der Waals surface area contributed by atoms with Crippen LogP contribution in [-0.2, 0) is 17.8 Å². The molecule has 1 aliphatic heterocycles. The van der Waals surface area contributed by atoms with E-state index in [0.29, 0.717) is 17.3 Å². The number of nitrogens with two attached hydrogens (primary N) is 1. The zero-order chi connectivity index (χ0) is 17.0. The third kappa shape index (κ3) is 4.07. The second-order valence-electron chi connectivity index (χ2n) is 6.99. The molecule has 1 saturated heterocycles. The van der Waals surface area contributed by atoms with Crippen LogP contribution in [0.4, 0.5) is 5.69 Å². The first kappa shape index (κ1) is 17.4. The molecule has 0 unspecified atom stereocenters. The number of nitrogen functional groups attached to an aromatic ring is 1. The highest BCUT2D eigenvalue weighted by Gasteiger charge is 2.25. The minimum Gasteiger partial charge on any atom is -0.397 e. The predicted octanol–water partition coefficient (Wildman–Crippen LogP) is 2.93. The zero-order valence-electron chi connectivity index (χ0n) is 14.5. The van der Waals surface area contributed by atoms with E-state index in [1.807, 2.05) is 9.47 Å². The fraction of sp³-hybridized carbons (Fsp3) is 0.667. The Kier molecular flexibility index (Phi) is 5.70. The summed E-state index contributed by atoms with van der Waals surface area (Å²) in [6, 6.07) is 4.16. The van der Waals surface area contributed by atoms with Crippen LogP contribution in [-0.4, -0.2) is 28.0 Å². The Hall–Kier alpha value is -1.96. The van der Waals surface area contributed by atoms with Crippen molar-refractivity contribution >= 4 is 11.6 Å². The minimum atomic E-state index is 0.0927. The van der Waals surface area contributed by atoms with E-state index < -0.39 is 0 Å². The monoisotopic (exact) mass is 316 g/mol. The molecule has 2 heterocycles. The van der Waals surface area contributed by atoms with Gasteiger partial charge in [0, 0.05) is 18.3 Å². The molecule has 2 rings (SSSR count). The summed E-state index contributed by atoms with van der Waals surface area (Å²) in [7, 11) is 0. The van der Waals surface area contributed by atoms with Crippen LogP contribution < -0.4 is 5.73 Å². The average molecular weight is 316 g/mol. The van der Waals surface area contributed by atoms with Gasteiger partial charge in [0.05, 0.1) is 5.69 Å². The lowest BCUT2D eigenvalue weighted by atomic mass is 10.0. The SMILES string of the molecule is CC(C)CCc1c(N)cc(C#N)n1CC(=O)N1CCCC[C@H]1C. The normalized spacial score (nSPS) is 18.2. The van der Waals surface area contributed by atoms with Gasteiger partial charge in [0.1, 0.15) is 18.3 Å². The average Bonchev–Trinajstić information content (AvgIpc) is 2.80. The van der Waals surface area contributed by atoms with Gasteiger partial charge in [-0.15, -0.1) is 0 Å². The first-order chi connectivity index (χ1) is 10.9. The second-order valence-corrected chi connectivity index (χ2v) is 6.99. The second kappa shape index (κ2) is 7.54. The van der Waals surface area contributed by atoms with Gasteiger partial charge < -0.3 is 15.2 Å². The molecule has 0 aromatic carbocycles. The maximum Gasteiger partial charge on any atom is 0.242 e. The van der Waals surface area contributed by atoms with Crippen molar-refractivity contribution in [3.05, 3.63) is 17.5 Å². The molecule has 1 fully saturated rings. The fourth-order valence-electron chi connectivity index (χ4n) is 3.28. The van der Waals surface area contributed by atoms with Gasteiger partial charge in [0.25, 0.3) is 0 Å². The summed E-state index contributed by atoms with van der Waals surface area (Å²) in [4.78, 5) is 14.7. The smallest absolute Gasteiger partial charge is 0.242 e. The number of hydrogen-bond acceptors (Lipinski definition) is 3. The Bertz CT molecular complexity index is 597. The number of carbonyl (C=O) groups is 1. The summed E-state index contributed by atoms with van der Waals surface area (Å²) >= 11 is 0. The van der Waals surface area contributed by atoms with Crippen molar-refractivity contribution in [2.45, 2.75) is 65.5 Å². The molecule has 1 aromatic heterocycles. The lowest BCUT2D eigenvalue weighted by Gasteiger charge is -2.33. The third-order valence-corrected chi connectivity index (χ3v) is 4.73. The van der Waals surface area contributed by atoms with E-state index >= 15 is 0 Å². The maximum absolute atomic E-state index is 12.7. The largest absolute Gasteiger partial charge is 0.397 e. The Morgan fingerprint density at radius 2 is 2.22 bits per heavy atom. The van der Waals surface area contributed by atoms with Crippen LogP contribution in [0.3, 0.4) is 0 Å². The number of anilines is 1. The summed E-state index contributed by atoms with van der Waals surface area (Å²) in [5, 5.41) is 9.36. The lowest BCUT2D eigenvalue weighted by Crippen LogP contribution is -2.43. The van der Waals surface area contributed by atoms with Gasteiger partial charge >= 0.3 is 0 Å². The Morgan fingerprint density at radius 3 is 2.83 bits per heavy atom. The number of likely N-dealkylation sites (tertiary alicyclic amines) is 1. The highest BCUT2D eigenvalue weighted by molar-refractivity contribution is 5.77. The maximum atomic E-state index is 12.7. The number of piperidine rings is 1. The molecular weight excluding hydrogens is 288 g/mol. The molecule has 23 heavy (non-hydrogen) atoms. The Labute approximate surface area is 139 Å². The molecular formula is C18H28N4O. The summed E-state index contributed by atoms with van der Waals surface area (Å²) < 4.78 is 1.82. The lowest BCUT2D eigenvalue weighted by molar-refractivity contribution is -0.135. The predicted molar refractivity (Wildman–Crippen MR) is 91.7 cm³/mol. The van der Waals surface area contributed by atoms with Crippen molar-refractivity contribution in [2.24, 2.45) is 5.92 Å². The molecule has 2 N–H and O–H groups in total. The van der Waals surface area contributed by atoms with Crippen LogP contribution in [0.25, 0.3) is 0 Å². The Balaban J connectivity index is 2.20. The first-order valence-corrected chi connectivity index (χ1v) is 8.61. The summed E-state index contributed by atoms with van der Waals surface area (Å²) in [6.45, 7) is 7.47. The summed E-state index contributed by atoms with van der Waals surface area (Å²) in [5.41, 5.74) is 8.12. The number of nitrogens with zero attached hydrogens (tertiary/aromatic N) is 3. The van der Waals surface area contributed by atoms with Crippen molar-refractivity contribution in [1.82, 2.24) is 9.47 Å². The van der Waals surface area contributed by atoms with Gasteiger partial charge in [-0.3, -0.25) is 4.79 Å². The van der Waals surface area contributed by atoms with E-state index in [9.17, 15) is 10.1 Å². The molecule has 1 aliphatic rings. The van der Waals surface area contributed by atoms with Crippen LogP contribution in [0.15, 0.2) is 6.07 Å². The minimum absolute atomic E-state index is 0.0927. The van der Waals surface area contributed by atoms with E-state index in [-0.39, 0.29) is 18.5 Å². The van der Waals surface area contributed by atoms with Gasteiger partial charge in [-0.2, -0.15) is 5.26 Å². The highest BCUT2D eigenvalue weighted by Crippen LogP contribution is 2.23. The van der Waals surface area contributed by atoms with Gasteiger partial charge in [-0.05, 0) is 51.0 Å². The topological polar surface area (TPSA) is 75.0 Å². The number of rotatable bonds is 5. The number of nitriles is 1. The molecule has 0 bridgehead atoms. The number of hydrogen-bond donors (Lipinski definition) is 1. The molecule has 1 atom stereocenters. The van der Waals surface area contributed by atoms with Crippen LogP contribution in [0, 0.1) is 17.2 Å². The quantitative estimate of drug-likeness (QED) is 0.907. The van der Waals surface area contributed by atoms with E-state index in [1.165, 1.54) is 6.42 Å². The molecule has 0 spiro atoms. The summed E-state index contributed by atoms with van der Waals surface area (Å²) in [5.74, 6) is 0.649. The fourth-order valence-corrected chi connectivity index (χ4v) is 3.28. The molecule has 0 saturated carbocycles. The molecule has 0 aliphatic carbocycles. The van der Waals surface area contributed by atoms with Gasteiger partial charge in [-0.25, -0.2) is 0 Å². The molecule has 126 valence electrons.